The van der Waals surface area contributed by atoms with Gasteiger partial charge in [0.1, 0.15) is 10.8 Å². The summed E-state index contributed by atoms with van der Waals surface area (Å²) in [5.41, 5.74) is 11.9. The molecular formula is C42H44N2OS. The Labute approximate surface area is 278 Å². The van der Waals surface area contributed by atoms with E-state index in [9.17, 15) is 5.11 Å². The van der Waals surface area contributed by atoms with Crippen LogP contribution in [0.3, 0.4) is 0 Å². The van der Waals surface area contributed by atoms with Gasteiger partial charge in [0.05, 0.1) is 21.5 Å². The highest BCUT2D eigenvalue weighted by Gasteiger charge is 2.29. The van der Waals surface area contributed by atoms with Gasteiger partial charge < -0.3 is 5.11 Å². The number of rotatable bonds is 4. The maximum Gasteiger partial charge on any atom is 0.128 e. The van der Waals surface area contributed by atoms with Crippen molar-refractivity contribution in [3.63, 3.8) is 0 Å². The van der Waals surface area contributed by atoms with Crippen molar-refractivity contribution in [2.24, 2.45) is 0 Å². The highest BCUT2D eigenvalue weighted by atomic mass is 32.1. The maximum absolute atomic E-state index is 10.7. The van der Waals surface area contributed by atoms with Gasteiger partial charge in [-0.25, -0.2) is 4.98 Å². The van der Waals surface area contributed by atoms with E-state index in [1.54, 1.807) is 17.4 Å². The third kappa shape index (κ3) is 6.11. The normalized spacial score (nSPS) is 12.5. The van der Waals surface area contributed by atoms with E-state index in [0.717, 1.165) is 43.2 Å². The fraction of sp³-hybridized carbons (Fsp3) is 0.286. The molecule has 0 saturated carbocycles. The lowest BCUT2D eigenvalue weighted by Gasteiger charge is -2.31. The van der Waals surface area contributed by atoms with Crippen molar-refractivity contribution in [1.82, 2.24) is 9.97 Å². The number of phenols is 1. The number of thiazole rings is 1. The largest absolute Gasteiger partial charge is 0.507 e. The number of para-hydroxylation sites is 1. The van der Waals surface area contributed by atoms with Crippen LogP contribution >= 0.6 is 11.3 Å². The van der Waals surface area contributed by atoms with Gasteiger partial charge in [-0.2, -0.15) is 0 Å². The van der Waals surface area contributed by atoms with Crippen LogP contribution in [0.2, 0.25) is 0 Å². The lowest BCUT2D eigenvalue weighted by atomic mass is 9.74. The lowest BCUT2D eigenvalue weighted by Crippen LogP contribution is -2.19. The average Bonchev–Trinajstić information content (AvgIpc) is 3.43. The van der Waals surface area contributed by atoms with E-state index in [0.29, 0.717) is 0 Å². The van der Waals surface area contributed by atoms with E-state index in [2.05, 4.69) is 129 Å². The first-order chi connectivity index (χ1) is 21.6. The molecule has 0 saturated heterocycles. The van der Waals surface area contributed by atoms with Gasteiger partial charge in [-0.3, -0.25) is 4.98 Å². The van der Waals surface area contributed by atoms with Crippen molar-refractivity contribution in [3.8, 4) is 49.8 Å². The summed E-state index contributed by atoms with van der Waals surface area (Å²) in [4.78, 5) is 10.2. The molecule has 6 aromatic rings. The molecule has 0 amide bonds. The quantitative estimate of drug-likeness (QED) is 0.212. The number of fused-ring (bicyclic) bond motifs is 1. The summed E-state index contributed by atoms with van der Waals surface area (Å²) in [6.45, 7) is 20.5. The predicted octanol–water partition coefficient (Wildman–Crippen LogP) is 12.0. The van der Waals surface area contributed by atoms with Crippen LogP contribution < -0.4 is 0 Å². The molecule has 0 atom stereocenters. The number of aromatic nitrogens is 2. The first-order valence-corrected chi connectivity index (χ1v) is 16.9. The van der Waals surface area contributed by atoms with Crippen LogP contribution in [0, 0.1) is 0 Å². The molecule has 4 heteroatoms. The molecule has 2 heterocycles. The van der Waals surface area contributed by atoms with Crippen molar-refractivity contribution in [2.45, 2.75) is 78.6 Å². The van der Waals surface area contributed by atoms with Gasteiger partial charge in [0, 0.05) is 17.3 Å². The summed E-state index contributed by atoms with van der Waals surface area (Å²) in [6, 6.07) is 31.7. The number of hydrogen-bond acceptors (Lipinski definition) is 4. The predicted molar refractivity (Wildman–Crippen MR) is 197 cm³/mol. The number of benzene rings is 4. The topological polar surface area (TPSA) is 46.0 Å². The Morgan fingerprint density at radius 1 is 0.565 bits per heavy atom. The minimum Gasteiger partial charge on any atom is -0.507 e. The van der Waals surface area contributed by atoms with Crippen LogP contribution in [0.15, 0.2) is 97.2 Å². The minimum atomic E-state index is -0.131. The summed E-state index contributed by atoms with van der Waals surface area (Å²) in [5.74, 6) is 0.246. The fourth-order valence-corrected chi connectivity index (χ4v) is 7.17. The lowest BCUT2D eigenvalue weighted by molar-refractivity contribution is 0.477. The molecule has 46 heavy (non-hydrogen) atoms. The molecule has 0 bridgehead atoms. The molecule has 0 radical (unpaired) electrons. The van der Waals surface area contributed by atoms with Crippen LogP contribution in [0.4, 0.5) is 0 Å². The SMILES string of the molecule is CC(C)(C)c1cc(-c2cc(-c3cc(-c4ccccc4)ccn3)c(C(C)(C)C)cc2C(C)(C)C)c2nc(-c3ccccc3O)sc2c1. The first-order valence-electron chi connectivity index (χ1n) is 16.1. The fourth-order valence-electron chi connectivity index (χ4n) is 6.10. The summed E-state index contributed by atoms with van der Waals surface area (Å²) in [6.07, 6.45) is 1.93. The molecule has 0 aliphatic carbocycles. The second-order valence-electron chi connectivity index (χ2n) is 15.4. The molecule has 0 aliphatic rings. The average molecular weight is 625 g/mol. The Bertz CT molecular complexity index is 2050. The van der Waals surface area contributed by atoms with Gasteiger partial charge in [-0.1, -0.05) is 111 Å². The van der Waals surface area contributed by atoms with E-state index < -0.39 is 0 Å². The molecule has 4 aromatic carbocycles. The maximum atomic E-state index is 10.7. The van der Waals surface area contributed by atoms with E-state index in [1.807, 2.05) is 24.4 Å². The Hall–Kier alpha value is -4.28. The molecule has 6 rings (SSSR count). The third-order valence-corrected chi connectivity index (χ3v) is 9.74. The zero-order chi connectivity index (χ0) is 33.0. The zero-order valence-corrected chi connectivity index (χ0v) is 29.3. The highest BCUT2D eigenvalue weighted by Crippen LogP contribution is 2.47. The van der Waals surface area contributed by atoms with Gasteiger partial charge in [-0.15, -0.1) is 11.3 Å². The van der Waals surface area contributed by atoms with Crippen LogP contribution in [0.5, 0.6) is 5.75 Å². The van der Waals surface area contributed by atoms with Crippen LogP contribution in [-0.4, -0.2) is 15.1 Å². The standard InChI is InChI=1S/C42H44N2OS/c1-40(2,3)28-22-31(38-37(23-28)46-39(44-38)29-17-13-14-18-36(29)45)30-24-32(34(42(7,8)9)25-33(30)41(4,5)6)35-21-27(19-20-43-35)26-15-11-10-12-16-26/h10-25,45H,1-9H3. The summed E-state index contributed by atoms with van der Waals surface area (Å²) < 4.78 is 1.12. The highest BCUT2D eigenvalue weighted by molar-refractivity contribution is 7.21. The number of aromatic hydroxyl groups is 1. The molecule has 0 spiro atoms. The van der Waals surface area contributed by atoms with Crippen molar-refractivity contribution in [3.05, 3.63) is 114 Å². The number of hydrogen-bond donors (Lipinski definition) is 1. The van der Waals surface area contributed by atoms with Crippen molar-refractivity contribution >= 4 is 21.6 Å². The van der Waals surface area contributed by atoms with Gasteiger partial charge in [0.25, 0.3) is 0 Å². The second kappa shape index (κ2) is 11.5. The molecule has 0 aliphatic heterocycles. The van der Waals surface area contributed by atoms with Crippen molar-refractivity contribution in [2.75, 3.05) is 0 Å². The van der Waals surface area contributed by atoms with Crippen LogP contribution in [0.1, 0.15) is 79.0 Å². The molecule has 1 N–H and O–H groups in total. The Morgan fingerprint density at radius 3 is 1.87 bits per heavy atom. The smallest absolute Gasteiger partial charge is 0.128 e. The van der Waals surface area contributed by atoms with Crippen molar-refractivity contribution in [1.29, 1.82) is 0 Å². The zero-order valence-electron chi connectivity index (χ0n) is 28.5. The summed E-state index contributed by atoms with van der Waals surface area (Å²) >= 11 is 1.64. The second-order valence-corrected chi connectivity index (χ2v) is 16.4. The minimum absolute atomic E-state index is 0.0658. The number of pyridine rings is 1. The van der Waals surface area contributed by atoms with Gasteiger partial charge in [0.15, 0.2) is 0 Å². The molecule has 3 nitrogen and oxygen atoms in total. The molecule has 2 aromatic heterocycles. The van der Waals surface area contributed by atoms with Gasteiger partial charge in [-0.05, 0) is 92.1 Å². The molecule has 0 unspecified atom stereocenters. The third-order valence-electron chi connectivity index (χ3n) is 8.70. The van der Waals surface area contributed by atoms with E-state index in [4.69, 9.17) is 9.97 Å². The van der Waals surface area contributed by atoms with Gasteiger partial charge in [0.2, 0.25) is 0 Å². The van der Waals surface area contributed by atoms with E-state index >= 15 is 0 Å². The number of nitrogens with zero attached hydrogens (tertiary/aromatic N) is 2. The van der Waals surface area contributed by atoms with E-state index in [-0.39, 0.29) is 22.0 Å². The summed E-state index contributed by atoms with van der Waals surface area (Å²) in [7, 11) is 0. The molecule has 234 valence electrons. The molecule has 0 fully saturated rings. The van der Waals surface area contributed by atoms with Crippen LogP contribution in [0.25, 0.3) is 54.3 Å². The van der Waals surface area contributed by atoms with E-state index in [1.165, 1.54) is 27.8 Å². The Kier molecular flexibility index (Phi) is 7.93. The van der Waals surface area contributed by atoms with Gasteiger partial charge >= 0.3 is 0 Å². The Morgan fingerprint density at radius 2 is 1.22 bits per heavy atom. The number of phenolic OH excluding ortho intramolecular Hbond substituents is 1. The molecular weight excluding hydrogens is 581 g/mol. The van der Waals surface area contributed by atoms with Crippen molar-refractivity contribution < 1.29 is 5.11 Å². The first kappa shape index (κ1) is 31.7. The van der Waals surface area contributed by atoms with Crippen LogP contribution in [-0.2, 0) is 16.2 Å². The monoisotopic (exact) mass is 624 g/mol. The Balaban J connectivity index is 1.69. The summed E-state index contributed by atoms with van der Waals surface area (Å²) in [5, 5.41) is 11.6.